The van der Waals surface area contributed by atoms with Gasteiger partial charge in [0.25, 0.3) is 0 Å². The number of rotatable bonds is 87. The van der Waals surface area contributed by atoms with E-state index in [1.54, 1.807) is 0 Å². The molecule has 1 amide bonds. The number of aliphatic hydroxyl groups excluding tert-OH is 2. The van der Waals surface area contributed by atoms with Gasteiger partial charge >= 0.3 is 5.97 Å². The number of unbranched alkanes of at least 4 members (excludes halogenated alkanes) is 72. The molecule has 0 bridgehead atoms. The van der Waals surface area contributed by atoms with Crippen LogP contribution in [0.2, 0.25) is 0 Å². The standard InChI is InChI=1S/C92H179NO5/c1-3-5-7-9-11-13-15-17-19-21-23-24-42-45-49-52-56-60-64-68-72-76-80-84-90(95)89(88-94)93-91(96)85-81-77-73-69-65-61-57-53-50-46-43-40-38-36-34-32-30-28-26-25-27-29-31-33-35-37-39-41-44-47-51-55-59-63-67-71-75-79-83-87-98-92(97)86-82-78-74-70-66-62-58-54-48-22-20-18-16-14-12-10-8-6-4-2/h12,14,18,20,89-90,94-95H,3-11,13,15-17,19,21-88H2,1-2H3,(H,93,96)/b14-12-,20-18-. The lowest BCUT2D eigenvalue weighted by Crippen LogP contribution is -2.45. The third-order valence-corrected chi connectivity index (χ3v) is 21.8. The average Bonchev–Trinajstić information content (AvgIpc) is 1.77. The van der Waals surface area contributed by atoms with E-state index >= 15 is 0 Å². The lowest BCUT2D eigenvalue weighted by Gasteiger charge is -2.22. The van der Waals surface area contributed by atoms with Gasteiger partial charge < -0.3 is 20.3 Å². The van der Waals surface area contributed by atoms with E-state index in [0.29, 0.717) is 25.9 Å². The predicted octanol–water partition coefficient (Wildman–Crippen LogP) is 30.7. The van der Waals surface area contributed by atoms with Crippen molar-refractivity contribution in [3.05, 3.63) is 24.3 Å². The van der Waals surface area contributed by atoms with Crippen LogP contribution in [-0.4, -0.2) is 47.4 Å². The Bertz CT molecular complexity index is 1550. The van der Waals surface area contributed by atoms with Gasteiger partial charge in [-0.3, -0.25) is 9.59 Å². The van der Waals surface area contributed by atoms with E-state index in [0.717, 1.165) is 44.9 Å². The van der Waals surface area contributed by atoms with Gasteiger partial charge in [0.2, 0.25) is 5.91 Å². The third kappa shape index (κ3) is 83.3. The summed E-state index contributed by atoms with van der Waals surface area (Å²) in [6.45, 7) is 4.99. The Hall–Kier alpha value is -1.66. The van der Waals surface area contributed by atoms with Gasteiger partial charge in [-0.25, -0.2) is 0 Å². The Labute approximate surface area is 615 Å². The van der Waals surface area contributed by atoms with Crippen LogP contribution in [0.5, 0.6) is 0 Å². The minimum absolute atomic E-state index is 0.0215. The second-order valence-electron chi connectivity index (χ2n) is 31.6. The summed E-state index contributed by atoms with van der Waals surface area (Å²) >= 11 is 0. The lowest BCUT2D eigenvalue weighted by atomic mass is 10.0. The normalized spacial score (nSPS) is 12.5. The number of carbonyl (C=O) groups is 2. The summed E-state index contributed by atoms with van der Waals surface area (Å²) in [4.78, 5) is 24.7. The Morgan fingerprint density at radius 1 is 0.286 bits per heavy atom. The molecule has 0 rings (SSSR count). The van der Waals surface area contributed by atoms with Crippen LogP contribution in [0, 0.1) is 0 Å². The Kier molecular flexibility index (Phi) is 86.3. The van der Waals surface area contributed by atoms with Gasteiger partial charge in [0.05, 0.1) is 25.4 Å². The minimum atomic E-state index is -0.661. The number of nitrogens with one attached hydrogen (secondary N) is 1. The van der Waals surface area contributed by atoms with E-state index in [1.807, 2.05) is 0 Å². The van der Waals surface area contributed by atoms with Gasteiger partial charge in [0, 0.05) is 12.8 Å². The topological polar surface area (TPSA) is 95.9 Å². The zero-order valence-corrected chi connectivity index (χ0v) is 67.1. The molecule has 0 saturated carbocycles. The van der Waals surface area contributed by atoms with Crippen molar-refractivity contribution in [1.82, 2.24) is 5.32 Å². The highest BCUT2D eigenvalue weighted by atomic mass is 16.5. The fourth-order valence-corrected chi connectivity index (χ4v) is 14.9. The van der Waals surface area contributed by atoms with Crippen LogP contribution >= 0.6 is 0 Å². The van der Waals surface area contributed by atoms with Crippen LogP contribution in [0.3, 0.4) is 0 Å². The fourth-order valence-electron chi connectivity index (χ4n) is 14.9. The number of carbonyl (C=O) groups excluding carboxylic acids is 2. The van der Waals surface area contributed by atoms with Crippen molar-refractivity contribution in [2.24, 2.45) is 0 Å². The van der Waals surface area contributed by atoms with Crippen molar-refractivity contribution in [1.29, 1.82) is 0 Å². The summed E-state index contributed by atoms with van der Waals surface area (Å²) < 4.78 is 5.52. The van der Waals surface area contributed by atoms with Gasteiger partial charge in [0.15, 0.2) is 0 Å². The monoisotopic (exact) mass is 1380 g/mol. The summed E-state index contributed by atoms with van der Waals surface area (Å²) in [5.74, 6) is -0.000769. The van der Waals surface area contributed by atoms with E-state index in [4.69, 9.17) is 4.74 Å². The molecule has 2 atom stereocenters. The van der Waals surface area contributed by atoms with Gasteiger partial charge in [-0.1, -0.05) is 481 Å². The number of esters is 1. The SMILES string of the molecule is CCCCC/C=C\C/C=C\CCCCCCCCCCCC(=O)OCCCCCCCCCCCCCCCCCCCCCCCCCCCCCCCCCCCCCCCCCC(=O)NC(CO)C(O)CCCCCCCCCCCCCCCCCCCCCCCCC. The summed E-state index contributed by atoms with van der Waals surface area (Å²) in [5.41, 5.74) is 0. The van der Waals surface area contributed by atoms with Crippen LogP contribution in [0.15, 0.2) is 24.3 Å². The van der Waals surface area contributed by atoms with Crippen molar-refractivity contribution in [2.75, 3.05) is 13.2 Å². The highest BCUT2D eigenvalue weighted by Crippen LogP contribution is 2.22. The molecule has 0 saturated heterocycles. The molecule has 6 nitrogen and oxygen atoms in total. The molecule has 0 fully saturated rings. The van der Waals surface area contributed by atoms with Crippen LogP contribution in [-0.2, 0) is 14.3 Å². The number of hydrogen-bond donors (Lipinski definition) is 3. The van der Waals surface area contributed by atoms with Crippen molar-refractivity contribution in [2.45, 2.75) is 540 Å². The molecule has 0 radical (unpaired) electrons. The van der Waals surface area contributed by atoms with Crippen LogP contribution in [0.1, 0.15) is 528 Å². The first-order valence-corrected chi connectivity index (χ1v) is 45.6. The van der Waals surface area contributed by atoms with Crippen LogP contribution < -0.4 is 5.32 Å². The molecule has 0 aromatic heterocycles. The summed E-state index contributed by atoms with van der Waals surface area (Å²) in [5, 5.41) is 23.5. The van der Waals surface area contributed by atoms with E-state index in [2.05, 4.69) is 43.5 Å². The number of ether oxygens (including phenoxy) is 1. The molecule has 0 aliphatic carbocycles. The zero-order valence-electron chi connectivity index (χ0n) is 67.1. The second-order valence-corrected chi connectivity index (χ2v) is 31.6. The average molecular weight is 1380 g/mol. The van der Waals surface area contributed by atoms with Crippen molar-refractivity contribution in [3.63, 3.8) is 0 Å². The maximum absolute atomic E-state index is 12.6. The summed E-state index contributed by atoms with van der Waals surface area (Å²) in [6.07, 6.45) is 115. The fraction of sp³-hybridized carbons (Fsp3) is 0.935. The molecular weight excluding hydrogens is 1200 g/mol. The smallest absolute Gasteiger partial charge is 0.305 e. The summed E-state index contributed by atoms with van der Waals surface area (Å²) in [7, 11) is 0. The van der Waals surface area contributed by atoms with Crippen LogP contribution in [0.25, 0.3) is 0 Å². The molecule has 6 heteroatoms. The zero-order chi connectivity index (χ0) is 70.5. The molecule has 582 valence electrons. The number of allylic oxidation sites excluding steroid dienone is 4. The minimum Gasteiger partial charge on any atom is -0.466 e. The molecule has 2 unspecified atom stereocenters. The maximum atomic E-state index is 12.6. The van der Waals surface area contributed by atoms with Crippen molar-refractivity contribution >= 4 is 11.9 Å². The van der Waals surface area contributed by atoms with Gasteiger partial charge in [-0.05, 0) is 57.8 Å². The highest BCUT2D eigenvalue weighted by molar-refractivity contribution is 5.76. The molecule has 0 spiro atoms. The van der Waals surface area contributed by atoms with Gasteiger partial charge in [-0.2, -0.15) is 0 Å². The number of amides is 1. The quantitative estimate of drug-likeness (QED) is 0.0320. The van der Waals surface area contributed by atoms with Gasteiger partial charge in [0.1, 0.15) is 0 Å². The molecule has 0 aromatic carbocycles. The Morgan fingerprint density at radius 3 is 0.796 bits per heavy atom. The van der Waals surface area contributed by atoms with E-state index < -0.39 is 12.1 Å². The van der Waals surface area contributed by atoms with Crippen molar-refractivity contribution < 1.29 is 24.5 Å². The van der Waals surface area contributed by atoms with E-state index in [-0.39, 0.29) is 18.5 Å². The summed E-state index contributed by atoms with van der Waals surface area (Å²) in [6, 6.07) is -0.538. The molecule has 0 heterocycles. The molecule has 98 heavy (non-hydrogen) atoms. The first-order chi connectivity index (χ1) is 48.5. The largest absolute Gasteiger partial charge is 0.466 e. The first kappa shape index (κ1) is 96.3. The molecular formula is C92H179NO5. The maximum Gasteiger partial charge on any atom is 0.305 e. The predicted molar refractivity (Wildman–Crippen MR) is 435 cm³/mol. The molecule has 0 aliphatic rings. The molecule has 0 aliphatic heterocycles. The van der Waals surface area contributed by atoms with Crippen LogP contribution in [0.4, 0.5) is 0 Å². The Morgan fingerprint density at radius 2 is 0.510 bits per heavy atom. The third-order valence-electron chi connectivity index (χ3n) is 21.8. The molecule has 3 N–H and O–H groups in total. The van der Waals surface area contributed by atoms with Crippen molar-refractivity contribution in [3.8, 4) is 0 Å². The van der Waals surface area contributed by atoms with E-state index in [1.165, 1.54) is 449 Å². The van der Waals surface area contributed by atoms with E-state index in [9.17, 15) is 19.8 Å². The lowest BCUT2D eigenvalue weighted by molar-refractivity contribution is -0.143. The Balaban J connectivity index is 3.29. The first-order valence-electron chi connectivity index (χ1n) is 45.6. The number of hydrogen-bond acceptors (Lipinski definition) is 5. The highest BCUT2D eigenvalue weighted by Gasteiger charge is 2.20. The van der Waals surface area contributed by atoms with Gasteiger partial charge in [-0.15, -0.1) is 0 Å². The number of aliphatic hydroxyl groups is 2. The second kappa shape index (κ2) is 87.7. The molecule has 0 aromatic rings.